The molecule has 0 atom stereocenters. The monoisotopic (exact) mass is 361 g/mol. The van der Waals surface area contributed by atoms with Crippen LogP contribution in [0.25, 0.3) is 11.0 Å². The van der Waals surface area contributed by atoms with Crippen LogP contribution in [0.2, 0.25) is 0 Å². The van der Waals surface area contributed by atoms with Gasteiger partial charge in [0.25, 0.3) is 0 Å². The molecule has 2 aromatic heterocycles. The van der Waals surface area contributed by atoms with Gasteiger partial charge in [-0.25, -0.2) is 4.79 Å². The van der Waals surface area contributed by atoms with Crippen molar-refractivity contribution in [2.45, 2.75) is 10.1 Å². The van der Waals surface area contributed by atoms with E-state index in [1.807, 2.05) is 12.1 Å². The van der Waals surface area contributed by atoms with Crippen LogP contribution in [0.5, 0.6) is 5.75 Å². The minimum Gasteiger partial charge on any atom is -0.497 e. The maximum atomic E-state index is 11.8. The Morgan fingerprint density at radius 2 is 2.29 bits per heavy atom. The van der Waals surface area contributed by atoms with Crippen molar-refractivity contribution in [3.8, 4) is 5.75 Å². The Hall–Kier alpha value is -2.32. The molecular weight excluding hydrogens is 346 g/mol. The van der Waals surface area contributed by atoms with Crippen LogP contribution in [0.1, 0.15) is 5.56 Å². The zero-order chi connectivity index (χ0) is 16.9. The third kappa shape index (κ3) is 3.77. The fraction of sp³-hybridized carbons (Fsp3) is 0.188. The number of thioether (sulfide) groups is 1. The van der Waals surface area contributed by atoms with Crippen molar-refractivity contribution in [1.29, 1.82) is 0 Å². The van der Waals surface area contributed by atoms with E-state index < -0.39 is 0 Å². The summed E-state index contributed by atoms with van der Waals surface area (Å²) in [6.45, 7) is 4.29. The predicted molar refractivity (Wildman–Crippen MR) is 97.2 cm³/mol. The summed E-state index contributed by atoms with van der Waals surface area (Å²) in [5.41, 5.74) is 1.03. The lowest BCUT2D eigenvalue weighted by Crippen LogP contribution is -2.00. The summed E-state index contributed by atoms with van der Waals surface area (Å²) >= 11 is 3.00. The lowest BCUT2D eigenvalue weighted by molar-refractivity contribution is 0.414. The third-order valence-electron chi connectivity index (χ3n) is 3.19. The highest BCUT2D eigenvalue weighted by atomic mass is 32.2. The summed E-state index contributed by atoms with van der Waals surface area (Å²) in [6, 6.07) is 6.97. The molecule has 0 spiro atoms. The van der Waals surface area contributed by atoms with Crippen LogP contribution in [0.3, 0.4) is 0 Å². The van der Waals surface area contributed by atoms with Crippen LogP contribution in [-0.2, 0) is 5.75 Å². The molecule has 124 valence electrons. The first-order chi connectivity index (χ1) is 11.7. The SMILES string of the molecule is C=CCNc1nnc(SCc2cc(=O)oc3cc(OC)ccc23)s1. The van der Waals surface area contributed by atoms with Gasteiger partial charge in [0.2, 0.25) is 5.13 Å². The highest BCUT2D eigenvalue weighted by Crippen LogP contribution is 2.31. The lowest BCUT2D eigenvalue weighted by Gasteiger charge is -2.05. The van der Waals surface area contributed by atoms with E-state index in [1.54, 1.807) is 19.3 Å². The summed E-state index contributed by atoms with van der Waals surface area (Å²) < 4.78 is 11.3. The van der Waals surface area contributed by atoms with Crippen molar-refractivity contribution in [3.05, 3.63) is 52.9 Å². The Bertz CT molecular complexity index is 920. The first-order valence-electron chi connectivity index (χ1n) is 7.11. The topological polar surface area (TPSA) is 77.3 Å². The molecule has 8 heteroatoms. The summed E-state index contributed by atoms with van der Waals surface area (Å²) in [4.78, 5) is 11.8. The number of methoxy groups -OCH3 is 1. The molecule has 1 N–H and O–H groups in total. The maximum Gasteiger partial charge on any atom is 0.336 e. The first-order valence-corrected chi connectivity index (χ1v) is 8.91. The van der Waals surface area contributed by atoms with E-state index in [9.17, 15) is 4.79 Å². The van der Waals surface area contributed by atoms with Crippen molar-refractivity contribution in [2.75, 3.05) is 19.0 Å². The second kappa shape index (κ2) is 7.50. The predicted octanol–water partition coefficient (Wildman–Crippen LogP) is 3.54. The molecule has 0 fully saturated rings. The average molecular weight is 361 g/mol. The molecule has 0 aliphatic carbocycles. The molecule has 0 aliphatic rings. The van der Waals surface area contributed by atoms with E-state index in [0.717, 1.165) is 20.4 Å². The van der Waals surface area contributed by atoms with Crippen molar-refractivity contribution >= 4 is 39.2 Å². The number of aromatic nitrogens is 2. The Morgan fingerprint density at radius 3 is 3.08 bits per heavy atom. The van der Waals surface area contributed by atoms with Gasteiger partial charge in [0.1, 0.15) is 11.3 Å². The molecule has 0 unspecified atom stereocenters. The summed E-state index contributed by atoms with van der Waals surface area (Å²) in [6.07, 6.45) is 1.76. The number of hydrogen-bond donors (Lipinski definition) is 1. The first kappa shape index (κ1) is 16.5. The van der Waals surface area contributed by atoms with Gasteiger partial charge >= 0.3 is 5.63 Å². The molecule has 0 radical (unpaired) electrons. The smallest absolute Gasteiger partial charge is 0.336 e. The zero-order valence-electron chi connectivity index (χ0n) is 12.9. The zero-order valence-corrected chi connectivity index (χ0v) is 14.6. The van der Waals surface area contributed by atoms with Crippen molar-refractivity contribution in [2.24, 2.45) is 0 Å². The molecule has 3 rings (SSSR count). The van der Waals surface area contributed by atoms with Crippen molar-refractivity contribution in [3.63, 3.8) is 0 Å². The summed E-state index contributed by atoms with van der Waals surface area (Å²) in [5, 5.41) is 12.9. The molecule has 0 aliphatic heterocycles. The number of nitrogens with one attached hydrogen (secondary N) is 1. The fourth-order valence-electron chi connectivity index (χ4n) is 2.10. The molecule has 1 aromatic carbocycles. The summed E-state index contributed by atoms with van der Waals surface area (Å²) in [5.74, 6) is 1.25. The molecule has 6 nitrogen and oxygen atoms in total. The quantitative estimate of drug-likeness (QED) is 0.392. The number of ether oxygens (including phenoxy) is 1. The number of anilines is 1. The van der Waals surface area contributed by atoms with Gasteiger partial charge in [-0.3, -0.25) is 0 Å². The molecule has 24 heavy (non-hydrogen) atoms. The van der Waals surface area contributed by atoms with Crippen molar-refractivity contribution < 1.29 is 9.15 Å². The largest absolute Gasteiger partial charge is 0.497 e. The lowest BCUT2D eigenvalue weighted by atomic mass is 10.1. The molecule has 0 saturated carbocycles. The maximum absolute atomic E-state index is 11.8. The van der Waals surface area contributed by atoms with Gasteiger partial charge in [-0.05, 0) is 17.7 Å². The highest BCUT2D eigenvalue weighted by Gasteiger charge is 2.10. The van der Waals surface area contributed by atoms with Crippen molar-refractivity contribution in [1.82, 2.24) is 10.2 Å². The van der Waals surface area contributed by atoms with Gasteiger partial charge in [0.05, 0.1) is 7.11 Å². The minimum absolute atomic E-state index is 0.378. The van der Waals surface area contributed by atoms with Gasteiger partial charge in [-0.2, -0.15) is 0 Å². The molecule has 0 amide bonds. The Balaban J connectivity index is 1.80. The standard InChI is InChI=1S/C16H15N3O3S2/c1-3-6-17-15-18-19-16(24-15)23-9-10-7-14(20)22-13-8-11(21-2)4-5-12(10)13/h3-5,7-8H,1,6,9H2,2H3,(H,17,18). The molecule has 0 saturated heterocycles. The Kier molecular flexibility index (Phi) is 5.17. The second-order valence-corrected chi connectivity index (χ2v) is 6.98. The van der Waals surface area contributed by atoms with E-state index >= 15 is 0 Å². The van der Waals surface area contributed by atoms with Crippen LogP contribution >= 0.6 is 23.1 Å². The van der Waals surface area contributed by atoms with E-state index in [4.69, 9.17) is 9.15 Å². The number of fused-ring (bicyclic) bond motifs is 1. The number of hydrogen-bond acceptors (Lipinski definition) is 8. The van der Waals surface area contributed by atoms with Crippen LogP contribution in [0, 0.1) is 0 Å². The van der Waals surface area contributed by atoms with E-state index in [1.165, 1.54) is 29.2 Å². The average Bonchev–Trinajstić information content (AvgIpc) is 3.04. The van der Waals surface area contributed by atoms with Gasteiger partial charge in [0.15, 0.2) is 4.34 Å². The van der Waals surface area contributed by atoms with Crippen LogP contribution in [-0.4, -0.2) is 23.9 Å². The Labute approximate surface area is 146 Å². The Morgan fingerprint density at radius 1 is 1.42 bits per heavy atom. The number of nitrogens with zero attached hydrogens (tertiary/aromatic N) is 2. The number of rotatable bonds is 7. The molecule has 2 heterocycles. The fourth-order valence-corrected chi connectivity index (χ4v) is 3.84. The van der Waals surface area contributed by atoms with Crippen LogP contribution in [0.15, 0.2) is 50.5 Å². The normalized spacial score (nSPS) is 10.7. The van der Waals surface area contributed by atoms with Crippen LogP contribution in [0.4, 0.5) is 5.13 Å². The summed E-state index contributed by atoms with van der Waals surface area (Å²) in [7, 11) is 1.58. The minimum atomic E-state index is -0.378. The second-order valence-electron chi connectivity index (χ2n) is 4.78. The van der Waals surface area contributed by atoms with Gasteiger partial charge in [0, 0.05) is 29.8 Å². The van der Waals surface area contributed by atoms with E-state index in [0.29, 0.717) is 23.6 Å². The van der Waals surface area contributed by atoms with Crippen LogP contribution < -0.4 is 15.7 Å². The number of benzene rings is 1. The van der Waals surface area contributed by atoms with E-state index in [2.05, 4.69) is 22.1 Å². The van der Waals surface area contributed by atoms with E-state index in [-0.39, 0.29) is 5.63 Å². The van der Waals surface area contributed by atoms with Gasteiger partial charge < -0.3 is 14.5 Å². The molecule has 0 bridgehead atoms. The molecule has 3 aromatic rings. The highest BCUT2D eigenvalue weighted by molar-refractivity contribution is 8.00. The van der Waals surface area contributed by atoms with Gasteiger partial charge in [-0.15, -0.1) is 16.8 Å². The van der Waals surface area contributed by atoms with Gasteiger partial charge in [-0.1, -0.05) is 29.2 Å². The molecular formula is C16H15N3O3S2. The third-order valence-corrected chi connectivity index (χ3v) is 5.26.